The van der Waals surface area contributed by atoms with E-state index in [0.717, 1.165) is 0 Å². The van der Waals surface area contributed by atoms with Crippen molar-refractivity contribution < 1.29 is 27.5 Å². The first-order valence-corrected chi connectivity index (χ1v) is 9.44. The van der Waals surface area contributed by atoms with Crippen molar-refractivity contribution in [3.63, 3.8) is 0 Å². The standard InChI is InChI=1S/C18H20N2O6S/c1-25-12-11-19-27(23,24)14-9-7-13(8-10-14)20-17(21)15-5-3-4-6-16(15)18(22)26-2/h3-10,19H,11-12H2,1-2H3,(H,20,21). The molecule has 2 aromatic carbocycles. The molecule has 144 valence electrons. The van der Waals surface area contributed by atoms with Crippen molar-refractivity contribution >= 4 is 27.6 Å². The predicted molar refractivity (Wildman–Crippen MR) is 99.2 cm³/mol. The minimum Gasteiger partial charge on any atom is -0.465 e. The fourth-order valence-electron chi connectivity index (χ4n) is 2.25. The minimum absolute atomic E-state index is 0.0616. The Hall–Kier alpha value is -2.75. The van der Waals surface area contributed by atoms with Crippen molar-refractivity contribution in [2.24, 2.45) is 0 Å². The average molecular weight is 392 g/mol. The Morgan fingerprint density at radius 3 is 2.19 bits per heavy atom. The molecule has 0 saturated carbocycles. The normalized spacial score (nSPS) is 11.0. The summed E-state index contributed by atoms with van der Waals surface area (Å²) in [5.41, 5.74) is 0.678. The number of rotatable bonds is 8. The van der Waals surface area contributed by atoms with Crippen LogP contribution in [0.5, 0.6) is 0 Å². The van der Waals surface area contributed by atoms with Gasteiger partial charge in [0.05, 0.1) is 29.7 Å². The lowest BCUT2D eigenvalue weighted by Gasteiger charge is -2.10. The molecule has 0 aliphatic heterocycles. The third kappa shape index (κ3) is 5.36. The van der Waals surface area contributed by atoms with Crippen LogP contribution in [0.15, 0.2) is 53.4 Å². The fraction of sp³-hybridized carbons (Fsp3) is 0.222. The first-order chi connectivity index (χ1) is 12.9. The number of ether oxygens (including phenoxy) is 2. The molecule has 0 radical (unpaired) electrons. The second-order valence-electron chi connectivity index (χ2n) is 5.41. The number of benzene rings is 2. The van der Waals surface area contributed by atoms with Crippen LogP contribution < -0.4 is 10.0 Å². The van der Waals surface area contributed by atoms with Gasteiger partial charge in [0.1, 0.15) is 0 Å². The molecule has 0 fully saturated rings. The van der Waals surface area contributed by atoms with Gasteiger partial charge in [0.2, 0.25) is 10.0 Å². The van der Waals surface area contributed by atoms with Gasteiger partial charge in [-0.1, -0.05) is 12.1 Å². The SMILES string of the molecule is COCCNS(=O)(=O)c1ccc(NC(=O)c2ccccc2C(=O)OC)cc1. The number of hydrogen-bond donors (Lipinski definition) is 2. The van der Waals surface area contributed by atoms with E-state index in [0.29, 0.717) is 5.69 Å². The van der Waals surface area contributed by atoms with Crippen molar-refractivity contribution in [3.05, 3.63) is 59.7 Å². The highest BCUT2D eigenvalue weighted by Crippen LogP contribution is 2.17. The topological polar surface area (TPSA) is 111 Å². The van der Waals surface area contributed by atoms with E-state index in [1.165, 1.54) is 50.6 Å². The summed E-state index contributed by atoms with van der Waals surface area (Å²) in [7, 11) is -0.946. The summed E-state index contributed by atoms with van der Waals surface area (Å²) in [5, 5.41) is 2.63. The number of carbonyl (C=O) groups excluding carboxylic acids is 2. The second kappa shape index (κ2) is 9.26. The Morgan fingerprint density at radius 1 is 0.963 bits per heavy atom. The quantitative estimate of drug-likeness (QED) is 0.522. The number of hydrogen-bond acceptors (Lipinski definition) is 6. The highest BCUT2D eigenvalue weighted by Gasteiger charge is 2.18. The van der Waals surface area contributed by atoms with Gasteiger partial charge in [-0.25, -0.2) is 17.9 Å². The van der Waals surface area contributed by atoms with Gasteiger partial charge >= 0.3 is 5.97 Å². The van der Waals surface area contributed by atoms with Crippen LogP contribution >= 0.6 is 0 Å². The number of esters is 1. The van der Waals surface area contributed by atoms with E-state index < -0.39 is 21.9 Å². The number of methoxy groups -OCH3 is 2. The van der Waals surface area contributed by atoms with Crippen LogP contribution in [0, 0.1) is 0 Å². The summed E-state index contributed by atoms with van der Waals surface area (Å²) in [6.07, 6.45) is 0. The molecule has 0 bridgehead atoms. The zero-order valence-corrected chi connectivity index (χ0v) is 15.7. The van der Waals surface area contributed by atoms with Crippen LogP contribution in [0.1, 0.15) is 20.7 Å². The highest BCUT2D eigenvalue weighted by molar-refractivity contribution is 7.89. The zero-order valence-electron chi connectivity index (χ0n) is 14.9. The van der Waals surface area contributed by atoms with Crippen LogP contribution in [0.25, 0.3) is 0 Å². The van der Waals surface area contributed by atoms with Crippen LogP contribution in [0.4, 0.5) is 5.69 Å². The molecule has 0 heterocycles. The highest BCUT2D eigenvalue weighted by atomic mass is 32.2. The molecule has 1 amide bonds. The number of anilines is 1. The molecule has 8 nitrogen and oxygen atoms in total. The molecular weight excluding hydrogens is 372 g/mol. The van der Waals surface area contributed by atoms with Crippen molar-refractivity contribution in [1.82, 2.24) is 4.72 Å². The molecule has 0 aliphatic carbocycles. The Labute approximate surface area is 157 Å². The molecular formula is C18H20N2O6S. The van der Waals surface area contributed by atoms with Crippen molar-refractivity contribution in [2.45, 2.75) is 4.90 Å². The summed E-state index contributed by atoms with van der Waals surface area (Å²) in [4.78, 5) is 24.3. The summed E-state index contributed by atoms with van der Waals surface area (Å²) in [6.45, 7) is 0.411. The summed E-state index contributed by atoms with van der Waals surface area (Å²) >= 11 is 0. The minimum atomic E-state index is -3.66. The first-order valence-electron chi connectivity index (χ1n) is 7.96. The molecule has 9 heteroatoms. The summed E-state index contributed by atoms with van der Waals surface area (Å²) < 4.78 is 36.1. The lowest BCUT2D eigenvalue weighted by Crippen LogP contribution is -2.27. The molecule has 0 unspecified atom stereocenters. The van der Waals surface area contributed by atoms with Crippen LogP contribution in [0.2, 0.25) is 0 Å². The van der Waals surface area contributed by atoms with E-state index in [4.69, 9.17) is 4.74 Å². The first kappa shape index (κ1) is 20.6. The second-order valence-corrected chi connectivity index (χ2v) is 7.17. The molecule has 0 aliphatic rings. The Morgan fingerprint density at radius 2 is 1.59 bits per heavy atom. The van der Waals surface area contributed by atoms with Crippen molar-refractivity contribution in [3.8, 4) is 0 Å². The molecule has 0 atom stereocenters. The van der Waals surface area contributed by atoms with E-state index in [9.17, 15) is 18.0 Å². The predicted octanol–water partition coefficient (Wildman–Crippen LogP) is 1.65. The number of sulfonamides is 1. The van der Waals surface area contributed by atoms with Gasteiger partial charge in [-0.2, -0.15) is 0 Å². The van der Waals surface area contributed by atoms with Crippen molar-refractivity contribution in [1.29, 1.82) is 0 Å². The number of carbonyl (C=O) groups is 2. The molecule has 2 rings (SSSR count). The van der Waals surface area contributed by atoms with Gasteiger partial charge in [0, 0.05) is 19.3 Å². The van der Waals surface area contributed by atoms with Gasteiger partial charge in [-0.15, -0.1) is 0 Å². The van der Waals surface area contributed by atoms with E-state index in [1.54, 1.807) is 12.1 Å². The number of nitrogens with one attached hydrogen (secondary N) is 2. The van der Waals surface area contributed by atoms with Gasteiger partial charge in [-0.05, 0) is 36.4 Å². The van der Waals surface area contributed by atoms with E-state index in [2.05, 4.69) is 14.8 Å². The smallest absolute Gasteiger partial charge is 0.338 e. The molecule has 27 heavy (non-hydrogen) atoms. The Bertz CT molecular complexity index is 910. The largest absolute Gasteiger partial charge is 0.465 e. The summed E-state index contributed by atoms with van der Waals surface area (Å²) in [5.74, 6) is -1.13. The van der Waals surface area contributed by atoms with Crippen LogP contribution in [-0.4, -0.2) is 47.7 Å². The fourth-order valence-corrected chi connectivity index (χ4v) is 3.26. The molecule has 0 aromatic heterocycles. The maximum atomic E-state index is 12.4. The van der Waals surface area contributed by atoms with Gasteiger partial charge in [0.15, 0.2) is 0 Å². The molecule has 0 saturated heterocycles. The Kier molecular flexibility index (Phi) is 7.05. The monoisotopic (exact) mass is 392 g/mol. The lowest BCUT2D eigenvalue weighted by molar-refractivity contribution is 0.0597. The third-order valence-electron chi connectivity index (χ3n) is 3.60. The maximum Gasteiger partial charge on any atom is 0.338 e. The third-order valence-corrected chi connectivity index (χ3v) is 5.07. The van der Waals surface area contributed by atoms with Gasteiger partial charge in [0.25, 0.3) is 5.91 Å². The molecule has 2 aromatic rings. The van der Waals surface area contributed by atoms with Gasteiger partial charge in [-0.3, -0.25) is 4.79 Å². The summed E-state index contributed by atoms with van der Waals surface area (Å²) in [6, 6.07) is 11.9. The number of amides is 1. The zero-order chi connectivity index (χ0) is 19.9. The average Bonchev–Trinajstić information content (AvgIpc) is 2.68. The van der Waals surface area contributed by atoms with E-state index >= 15 is 0 Å². The van der Waals surface area contributed by atoms with Gasteiger partial charge < -0.3 is 14.8 Å². The molecule has 2 N–H and O–H groups in total. The van der Waals surface area contributed by atoms with Crippen molar-refractivity contribution in [2.75, 3.05) is 32.7 Å². The maximum absolute atomic E-state index is 12.4. The van der Waals surface area contributed by atoms with E-state index in [-0.39, 0.29) is 29.2 Å². The Balaban J connectivity index is 2.13. The van der Waals surface area contributed by atoms with E-state index in [1.807, 2.05) is 0 Å². The molecule has 0 spiro atoms. The lowest BCUT2D eigenvalue weighted by atomic mass is 10.1. The van der Waals surface area contributed by atoms with Crippen LogP contribution in [0.3, 0.4) is 0 Å². The van der Waals surface area contributed by atoms with Crippen LogP contribution in [-0.2, 0) is 19.5 Å².